The fourth-order valence-electron chi connectivity index (χ4n) is 4.20. The molecule has 0 unspecified atom stereocenters. The van der Waals surface area contributed by atoms with Crippen LogP contribution in [0.2, 0.25) is 0 Å². The standard InChI is InChI=1S/C30H29N5O7S/c1-3-40-29(37)27-19(2)32-30(43)33-28(27)23-9-5-7-11-25(23)42-18-26(36)34-31-16-21-8-4-6-10-24(21)41-17-20-12-14-22(15-13-20)35(38)39/h4-16,28H,3,17-18H2,1-2H3,(H,34,36)(H2,32,33,43)/t28-/m1/s1. The first-order chi connectivity index (χ1) is 20.8. The summed E-state index contributed by atoms with van der Waals surface area (Å²) in [4.78, 5) is 35.7. The number of ether oxygens (including phenoxy) is 3. The molecule has 0 spiro atoms. The number of allylic oxidation sites excluding steroid dienone is 1. The number of nitrogens with one attached hydrogen (secondary N) is 3. The summed E-state index contributed by atoms with van der Waals surface area (Å²) < 4.78 is 16.9. The second-order valence-electron chi connectivity index (χ2n) is 9.16. The number of nitrogens with zero attached hydrogens (tertiary/aromatic N) is 2. The van der Waals surface area contributed by atoms with Crippen molar-refractivity contribution in [2.24, 2.45) is 5.10 Å². The van der Waals surface area contributed by atoms with Gasteiger partial charge in [0, 0.05) is 29.0 Å². The van der Waals surface area contributed by atoms with Gasteiger partial charge < -0.3 is 24.8 Å². The summed E-state index contributed by atoms with van der Waals surface area (Å²) in [7, 11) is 0. The molecule has 0 radical (unpaired) electrons. The Kier molecular flexibility index (Phi) is 10.4. The van der Waals surface area contributed by atoms with Crippen molar-refractivity contribution in [1.29, 1.82) is 0 Å². The van der Waals surface area contributed by atoms with Crippen LogP contribution in [0.4, 0.5) is 5.69 Å². The molecule has 222 valence electrons. The highest BCUT2D eigenvalue weighted by Crippen LogP contribution is 2.33. The minimum atomic E-state index is -0.646. The highest BCUT2D eigenvalue weighted by atomic mass is 32.1. The van der Waals surface area contributed by atoms with Crippen LogP contribution in [0.3, 0.4) is 0 Å². The van der Waals surface area contributed by atoms with Crippen molar-refractivity contribution >= 4 is 41.1 Å². The van der Waals surface area contributed by atoms with Gasteiger partial charge in [0.05, 0.1) is 29.4 Å². The summed E-state index contributed by atoms with van der Waals surface area (Å²) in [5.74, 6) is -0.117. The molecule has 3 aromatic carbocycles. The third-order valence-corrected chi connectivity index (χ3v) is 6.43. The normalized spacial score (nSPS) is 14.5. The van der Waals surface area contributed by atoms with Crippen LogP contribution in [0, 0.1) is 10.1 Å². The first-order valence-corrected chi connectivity index (χ1v) is 13.6. The molecule has 1 heterocycles. The molecule has 0 aromatic heterocycles. The van der Waals surface area contributed by atoms with E-state index in [-0.39, 0.29) is 25.5 Å². The van der Waals surface area contributed by atoms with E-state index >= 15 is 0 Å². The number of hydrogen-bond acceptors (Lipinski definition) is 9. The number of carbonyl (C=O) groups excluding carboxylic acids is 2. The topological polar surface area (TPSA) is 153 Å². The zero-order chi connectivity index (χ0) is 30.8. The predicted molar refractivity (Wildman–Crippen MR) is 162 cm³/mol. The van der Waals surface area contributed by atoms with Crippen LogP contribution in [0.25, 0.3) is 0 Å². The van der Waals surface area contributed by atoms with Gasteiger partial charge in [-0.25, -0.2) is 10.2 Å². The summed E-state index contributed by atoms with van der Waals surface area (Å²) in [6.45, 7) is 3.51. The number of amides is 1. The van der Waals surface area contributed by atoms with Gasteiger partial charge in [-0.05, 0) is 62.0 Å². The molecule has 0 aliphatic carbocycles. The summed E-state index contributed by atoms with van der Waals surface area (Å²) in [6, 6.07) is 19.5. The number of carbonyl (C=O) groups is 2. The molecule has 1 aliphatic rings. The van der Waals surface area contributed by atoms with E-state index < -0.39 is 22.8 Å². The maximum atomic E-state index is 12.7. The molecular weight excluding hydrogens is 574 g/mol. The Morgan fingerprint density at radius 1 is 1.05 bits per heavy atom. The monoisotopic (exact) mass is 603 g/mol. The Bertz CT molecular complexity index is 1570. The average Bonchev–Trinajstić information content (AvgIpc) is 2.99. The minimum absolute atomic E-state index is 0.0000857. The Morgan fingerprint density at radius 2 is 1.74 bits per heavy atom. The number of hydrogen-bond donors (Lipinski definition) is 3. The van der Waals surface area contributed by atoms with E-state index in [2.05, 4.69) is 21.2 Å². The van der Waals surface area contributed by atoms with Crippen molar-refractivity contribution in [2.75, 3.05) is 13.2 Å². The lowest BCUT2D eigenvalue weighted by atomic mass is 9.95. The van der Waals surface area contributed by atoms with E-state index in [1.165, 1.54) is 18.3 Å². The van der Waals surface area contributed by atoms with Crippen LogP contribution < -0.4 is 25.5 Å². The van der Waals surface area contributed by atoms with Gasteiger partial charge in [0.15, 0.2) is 11.7 Å². The molecule has 0 saturated heterocycles. The predicted octanol–water partition coefficient (Wildman–Crippen LogP) is 4.06. The van der Waals surface area contributed by atoms with Gasteiger partial charge >= 0.3 is 5.97 Å². The van der Waals surface area contributed by atoms with E-state index in [4.69, 9.17) is 26.4 Å². The van der Waals surface area contributed by atoms with Crippen molar-refractivity contribution in [3.8, 4) is 11.5 Å². The molecule has 43 heavy (non-hydrogen) atoms. The molecule has 1 atom stereocenters. The van der Waals surface area contributed by atoms with Gasteiger partial charge in [0.2, 0.25) is 0 Å². The Morgan fingerprint density at radius 3 is 2.47 bits per heavy atom. The van der Waals surface area contributed by atoms with Gasteiger partial charge in [0.1, 0.15) is 18.1 Å². The van der Waals surface area contributed by atoms with Crippen LogP contribution in [0.5, 0.6) is 11.5 Å². The number of non-ortho nitro benzene ring substituents is 1. The van der Waals surface area contributed by atoms with Gasteiger partial charge in [-0.3, -0.25) is 14.9 Å². The second-order valence-corrected chi connectivity index (χ2v) is 9.57. The zero-order valence-corrected chi connectivity index (χ0v) is 24.2. The minimum Gasteiger partial charge on any atom is -0.488 e. The largest absolute Gasteiger partial charge is 0.488 e. The average molecular weight is 604 g/mol. The lowest BCUT2D eigenvalue weighted by molar-refractivity contribution is -0.384. The summed E-state index contributed by atoms with van der Waals surface area (Å²) >= 11 is 5.30. The van der Waals surface area contributed by atoms with E-state index in [9.17, 15) is 19.7 Å². The zero-order valence-electron chi connectivity index (χ0n) is 23.4. The quantitative estimate of drug-likeness (QED) is 0.0908. The number of nitro groups is 1. The summed E-state index contributed by atoms with van der Waals surface area (Å²) in [5.41, 5.74) is 5.31. The Labute approximate surface area is 252 Å². The van der Waals surface area contributed by atoms with Crippen LogP contribution >= 0.6 is 12.2 Å². The number of hydrazone groups is 1. The molecule has 0 bridgehead atoms. The lowest BCUT2D eigenvalue weighted by Crippen LogP contribution is -2.45. The first-order valence-electron chi connectivity index (χ1n) is 13.2. The van der Waals surface area contributed by atoms with E-state index in [1.807, 2.05) is 0 Å². The Hall–Kier alpha value is -5.30. The molecule has 0 saturated carbocycles. The number of thiocarbonyl (C=S) groups is 1. The highest BCUT2D eigenvalue weighted by molar-refractivity contribution is 7.80. The molecule has 13 heteroatoms. The van der Waals surface area contributed by atoms with E-state index in [1.54, 1.807) is 74.5 Å². The van der Waals surface area contributed by atoms with Crippen molar-refractivity contribution < 1.29 is 28.7 Å². The molecule has 12 nitrogen and oxygen atoms in total. The number of nitro benzene ring substituents is 1. The van der Waals surface area contributed by atoms with E-state index in [0.29, 0.717) is 39.0 Å². The van der Waals surface area contributed by atoms with Gasteiger partial charge in [-0.1, -0.05) is 30.3 Å². The third kappa shape index (κ3) is 8.14. The second kappa shape index (κ2) is 14.5. The van der Waals surface area contributed by atoms with Crippen molar-refractivity contribution in [3.05, 3.63) is 111 Å². The SMILES string of the molecule is CCOC(=O)C1=C(C)NC(=S)N[C@@H]1c1ccccc1OCC(=O)NN=Cc1ccccc1OCc1ccc([N+](=O)[O-])cc1. The third-order valence-electron chi connectivity index (χ3n) is 6.21. The van der Waals surface area contributed by atoms with Crippen molar-refractivity contribution in [2.45, 2.75) is 26.5 Å². The highest BCUT2D eigenvalue weighted by Gasteiger charge is 2.32. The van der Waals surface area contributed by atoms with Crippen molar-refractivity contribution in [1.82, 2.24) is 16.1 Å². The summed E-state index contributed by atoms with van der Waals surface area (Å²) in [6.07, 6.45) is 1.44. The number of para-hydroxylation sites is 2. The molecule has 3 N–H and O–H groups in total. The molecule has 1 aliphatic heterocycles. The maximum Gasteiger partial charge on any atom is 0.338 e. The molecule has 3 aromatic rings. The van der Waals surface area contributed by atoms with Gasteiger partial charge in [-0.15, -0.1) is 0 Å². The number of rotatable bonds is 12. The molecule has 4 rings (SSSR count). The van der Waals surface area contributed by atoms with Gasteiger partial charge in [-0.2, -0.15) is 5.10 Å². The van der Waals surface area contributed by atoms with Crippen LogP contribution in [0.1, 0.15) is 36.6 Å². The van der Waals surface area contributed by atoms with Crippen LogP contribution in [0.15, 0.2) is 89.2 Å². The van der Waals surface area contributed by atoms with Crippen LogP contribution in [-0.4, -0.2) is 41.3 Å². The molecule has 1 amide bonds. The number of esters is 1. The fourth-order valence-corrected chi connectivity index (χ4v) is 4.47. The molecular formula is C30H29N5O7S. The van der Waals surface area contributed by atoms with E-state index in [0.717, 1.165) is 5.56 Å². The summed E-state index contributed by atoms with van der Waals surface area (Å²) in [5, 5.41) is 21.2. The first kappa shape index (κ1) is 30.7. The fraction of sp³-hybridized carbons (Fsp3) is 0.200. The van der Waals surface area contributed by atoms with Crippen LogP contribution in [-0.2, 0) is 20.9 Å². The molecule has 0 fully saturated rings. The lowest BCUT2D eigenvalue weighted by Gasteiger charge is -2.30. The smallest absolute Gasteiger partial charge is 0.338 e. The maximum absolute atomic E-state index is 12.7. The number of benzene rings is 3. The van der Waals surface area contributed by atoms with Crippen molar-refractivity contribution in [3.63, 3.8) is 0 Å². The van der Waals surface area contributed by atoms with Gasteiger partial charge in [0.25, 0.3) is 11.6 Å². The Balaban J connectivity index is 1.38.